The van der Waals surface area contributed by atoms with Crippen LogP contribution in [0.5, 0.6) is 5.75 Å². The summed E-state index contributed by atoms with van der Waals surface area (Å²) in [6, 6.07) is 3.27. The summed E-state index contributed by atoms with van der Waals surface area (Å²) in [4.78, 5) is 38.8. The molecule has 1 spiro atoms. The van der Waals surface area contributed by atoms with Crippen molar-refractivity contribution in [2.24, 2.45) is 0 Å². The molecule has 1 amide bonds. The summed E-state index contributed by atoms with van der Waals surface area (Å²) >= 11 is 1.53. The van der Waals surface area contributed by atoms with Gasteiger partial charge in [0, 0.05) is 35.3 Å². The van der Waals surface area contributed by atoms with Gasteiger partial charge in [-0.1, -0.05) is 0 Å². The lowest BCUT2D eigenvalue weighted by Crippen LogP contribution is -2.49. The molecule has 4 aromatic rings. The van der Waals surface area contributed by atoms with Crippen molar-refractivity contribution in [3.05, 3.63) is 45.5 Å². The van der Waals surface area contributed by atoms with Gasteiger partial charge in [-0.2, -0.15) is 5.10 Å². The van der Waals surface area contributed by atoms with Crippen molar-refractivity contribution < 1.29 is 14.3 Å². The van der Waals surface area contributed by atoms with Gasteiger partial charge in [0.05, 0.1) is 24.7 Å². The van der Waals surface area contributed by atoms with Gasteiger partial charge in [-0.15, -0.1) is 11.3 Å². The Balaban J connectivity index is 1.30. The summed E-state index contributed by atoms with van der Waals surface area (Å²) in [5.41, 5.74) is 1.66. The third-order valence-electron chi connectivity index (χ3n) is 7.12. The predicted octanol–water partition coefficient (Wildman–Crippen LogP) is 4.43. The number of imidazole rings is 1. The zero-order chi connectivity index (χ0) is 26.1. The lowest BCUT2D eigenvalue weighted by molar-refractivity contribution is 0.00384. The number of rotatable bonds is 3. The Morgan fingerprint density at radius 1 is 1.16 bits per heavy atom. The van der Waals surface area contributed by atoms with Gasteiger partial charge in [-0.3, -0.25) is 9.20 Å². The van der Waals surface area contributed by atoms with Crippen molar-refractivity contribution in [3.8, 4) is 17.1 Å². The van der Waals surface area contributed by atoms with Crippen LogP contribution in [0.1, 0.15) is 62.9 Å². The van der Waals surface area contributed by atoms with Crippen molar-refractivity contribution in [3.63, 3.8) is 0 Å². The van der Waals surface area contributed by atoms with Crippen LogP contribution in [0.25, 0.3) is 22.0 Å². The Kier molecular flexibility index (Phi) is 5.34. The molecule has 1 atom stereocenters. The van der Waals surface area contributed by atoms with Gasteiger partial charge in [0.15, 0.2) is 16.4 Å². The quantitative estimate of drug-likeness (QED) is 0.392. The average Bonchev–Trinajstić information content (AvgIpc) is 3.26. The van der Waals surface area contributed by atoms with E-state index in [0.717, 1.165) is 36.3 Å². The number of nitrogens with zero attached hydrogens (tertiary/aromatic N) is 6. The summed E-state index contributed by atoms with van der Waals surface area (Å²) in [6.07, 6.45) is 7.17. The van der Waals surface area contributed by atoms with E-state index in [2.05, 4.69) is 10.1 Å². The monoisotopic (exact) mass is 522 g/mol. The molecule has 37 heavy (non-hydrogen) atoms. The first-order valence-electron chi connectivity index (χ1n) is 12.5. The van der Waals surface area contributed by atoms with Crippen LogP contribution in [0.3, 0.4) is 0 Å². The number of amides is 1. The highest BCUT2D eigenvalue weighted by atomic mass is 32.1. The van der Waals surface area contributed by atoms with E-state index >= 15 is 0 Å². The van der Waals surface area contributed by atoms with E-state index in [-0.39, 0.29) is 23.1 Å². The molecule has 1 aliphatic carbocycles. The first-order chi connectivity index (χ1) is 17.5. The first-order valence-corrected chi connectivity index (χ1v) is 13.3. The number of likely N-dealkylation sites (tertiary alicyclic amines) is 1. The molecular formula is C26H30N6O4S. The van der Waals surface area contributed by atoms with Gasteiger partial charge in [0.25, 0.3) is 5.56 Å². The molecule has 0 aromatic carbocycles. The maximum Gasteiger partial charge on any atom is 0.410 e. The maximum absolute atomic E-state index is 13.1. The number of carbonyl (C=O) groups is 1. The van der Waals surface area contributed by atoms with Crippen LogP contribution in [0.4, 0.5) is 4.79 Å². The van der Waals surface area contributed by atoms with Crippen LogP contribution in [0, 0.1) is 6.92 Å². The number of aryl methyl sites for hydroxylation is 1. The fraction of sp³-hybridized carbons (Fsp3) is 0.500. The molecular weight excluding hydrogens is 492 g/mol. The van der Waals surface area contributed by atoms with Gasteiger partial charge in [0.2, 0.25) is 0 Å². The Hall–Kier alpha value is -3.47. The highest BCUT2D eigenvalue weighted by molar-refractivity contribution is 7.17. The molecule has 194 valence electrons. The summed E-state index contributed by atoms with van der Waals surface area (Å²) in [7, 11) is 1.58. The second-order valence-electron chi connectivity index (χ2n) is 11.1. The minimum Gasteiger partial charge on any atom is -0.493 e. The molecule has 0 radical (unpaired) electrons. The number of hydrogen-bond donors (Lipinski definition) is 0. The molecule has 11 heteroatoms. The number of fused-ring (bicyclic) bond motifs is 2. The van der Waals surface area contributed by atoms with E-state index in [0.29, 0.717) is 34.3 Å². The number of aromatic nitrogens is 5. The van der Waals surface area contributed by atoms with Crippen LogP contribution in [-0.4, -0.2) is 59.8 Å². The van der Waals surface area contributed by atoms with E-state index in [4.69, 9.17) is 14.5 Å². The molecule has 1 saturated carbocycles. The van der Waals surface area contributed by atoms with Crippen LogP contribution < -0.4 is 10.3 Å². The molecule has 5 heterocycles. The smallest absolute Gasteiger partial charge is 0.410 e. The van der Waals surface area contributed by atoms with E-state index in [1.54, 1.807) is 22.1 Å². The summed E-state index contributed by atoms with van der Waals surface area (Å²) in [6.45, 7) is 8.23. The maximum atomic E-state index is 13.1. The Morgan fingerprint density at radius 3 is 2.65 bits per heavy atom. The van der Waals surface area contributed by atoms with Gasteiger partial charge in [-0.05, 0) is 59.3 Å². The molecule has 0 unspecified atom stereocenters. The number of methoxy groups -OCH3 is 1. The molecule has 6 rings (SSSR count). The second-order valence-corrected chi connectivity index (χ2v) is 12.1. The highest BCUT2D eigenvalue weighted by Gasteiger charge is 2.54. The third kappa shape index (κ3) is 4.24. The van der Waals surface area contributed by atoms with Crippen molar-refractivity contribution in [2.45, 2.75) is 70.4 Å². The van der Waals surface area contributed by atoms with Crippen molar-refractivity contribution in [1.82, 2.24) is 28.9 Å². The van der Waals surface area contributed by atoms with Crippen LogP contribution >= 0.6 is 11.3 Å². The molecule has 1 aliphatic heterocycles. The molecule has 2 aliphatic rings. The summed E-state index contributed by atoms with van der Waals surface area (Å²) < 4.78 is 14.4. The largest absolute Gasteiger partial charge is 0.493 e. The zero-order valence-electron chi connectivity index (χ0n) is 21.6. The lowest BCUT2D eigenvalue weighted by Gasteiger charge is -2.40. The molecule has 0 N–H and O–H groups in total. The first kappa shape index (κ1) is 23.9. The Morgan fingerprint density at radius 2 is 1.95 bits per heavy atom. The predicted molar refractivity (Wildman–Crippen MR) is 139 cm³/mol. The van der Waals surface area contributed by atoms with Crippen molar-refractivity contribution >= 4 is 28.0 Å². The highest BCUT2D eigenvalue weighted by Crippen LogP contribution is 2.53. The van der Waals surface area contributed by atoms with Crippen LogP contribution in [0.15, 0.2) is 29.3 Å². The fourth-order valence-electron chi connectivity index (χ4n) is 5.23. The van der Waals surface area contributed by atoms with Crippen molar-refractivity contribution in [2.75, 3.05) is 13.7 Å². The van der Waals surface area contributed by atoms with E-state index in [9.17, 15) is 9.59 Å². The fourth-order valence-corrected chi connectivity index (χ4v) is 6.36. The number of hydrogen-bond acceptors (Lipinski definition) is 8. The normalized spacial score (nSPS) is 19.1. The Bertz CT molecular complexity index is 1590. The van der Waals surface area contributed by atoms with Crippen LogP contribution in [-0.2, 0) is 4.74 Å². The topological polar surface area (TPSA) is 103 Å². The van der Waals surface area contributed by atoms with Gasteiger partial charge in [0.1, 0.15) is 11.3 Å². The zero-order valence-corrected chi connectivity index (χ0v) is 22.5. The number of ether oxygens (including phenoxy) is 2. The number of thiazole rings is 1. The minimum atomic E-state index is -0.514. The Labute approximate surface area is 217 Å². The van der Waals surface area contributed by atoms with Crippen molar-refractivity contribution in [1.29, 1.82) is 0 Å². The lowest BCUT2D eigenvalue weighted by atomic mass is 9.88. The summed E-state index contributed by atoms with van der Waals surface area (Å²) in [5.74, 6) is 0.831. The molecule has 1 saturated heterocycles. The van der Waals surface area contributed by atoms with E-state index < -0.39 is 5.60 Å². The standard InChI is InChI=1S/C26H30N6O4S/c1-15-13-32-22(27-15)19(35-5)10-18(29-32)17-11-21(33)30-14-20(37-23(30)28-17)16-6-9-31(26(12-16)7-8-26)24(34)36-25(2,3)4/h10-11,13-14,16H,6-9,12H2,1-5H3/t16-/m0/s1. The molecule has 0 bridgehead atoms. The number of piperidine rings is 1. The molecule has 10 nitrogen and oxygen atoms in total. The molecule has 4 aromatic heterocycles. The summed E-state index contributed by atoms with van der Waals surface area (Å²) in [5, 5.41) is 4.62. The van der Waals surface area contributed by atoms with Crippen LogP contribution in [0.2, 0.25) is 0 Å². The van der Waals surface area contributed by atoms with Gasteiger partial charge >= 0.3 is 6.09 Å². The third-order valence-corrected chi connectivity index (χ3v) is 8.27. The van der Waals surface area contributed by atoms with E-state index in [1.807, 2.05) is 45.0 Å². The van der Waals surface area contributed by atoms with Gasteiger partial charge in [-0.25, -0.2) is 19.3 Å². The molecule has 2 fully saturated rings. The average molecular weight is 523 g/mol. The SMILES string of the molecule is COc1cc(-c2cc(=O)n3cc([C@H]4CCN(C(=O)OC(C)(C)C)C5(CC5)C4)sc3n2)nn2cc(C)nc12. The second kappa shape index (κ2) is 8.27. The minimum absolute atomic E-state index is 0.135. The van der Waals surface area contributed by atoms with Gasteiger partial charge < -0.3 is 14.4 Å². The van der Waals surface area contributed by atoms with E-state index in [1.165, 1.54) is 17.4 Å². The number of carbonyl (C=O) groups excluding carboxylic acids is 1.